The third-order valence-corrected chi connectivity index (χ3v) is 5.82. The van der Waals surface area contributed by atoms with Crippen molar-refractivity contribution in [1.29, 1.82) is 5.26 Å². The summed E-state index contributed by atoms with van der Waals surface area (Å²) in [5, 5.41) is 15.8. The Labute approximate surface area is 171 Å². The highest BCUT2D eigenvalue weighted by Crippen LogP contribution is 2.51. The number of pyridine rings is 1. The predicted molar refractivity (Wildman–Crippen MR) is 109 cm³/mol. The molecule has 3 heterocycles. The molecule has 1 aliphatic rings. The van der Waals surface area contributed by atoms with E-state index in [1.165, 1.54) is 18.4 Å². The van der Waals surface area contributed by atoms with Crippen LogP contribution >= 0.6 is 22.9 Å². The first-order chi connectivity index (χ1) is 13.6. The van der Waals surface area contributed by atoms with Gasteiger partial charge < -0.3 is 15.0 Å². The van der Waals surface area contributed by atoms with E-state index >= 15 is 0 Å². The number of nitriles is 1. The van der Waals surface area contributed by atoms with E-state index in [1.807, 2.05) is 40.6 Å². The molecule has 4 rings (SSSR count). The van der Waals surface area contributed by atoms with Gasteiger partial charge in [0.15, 0.2) is 0 Å². The van der Waals surface area contributed by atoms with Crippen molar-refractivity contribution >= 4 is 46.0 Å². The number of anilines is 3. The number of nitrogens with zero attached hydrogens (tertiary/aromatic N) is 3. The predicted octanol–water partition coefficient (Wildman–Crippen LogP) is 4.54. The Morgan fingerprint density at radius 2 is 2.14 bits per heavy atom. The number of carbonyl (C=O) groups is 1. The minimum Gasteiger partial charge on any atom is -0.466 e. The Morgan fingerprint density at radius 3 is 2.79 bits per heavy atom. The summed E-state index contributed by atoms with van der Waals surface area (Å²) in [4.78, 5) is 19.8. The van der Waals surface area contributed by atoms with Crippen molar-refractivity contribution in [3.63, 3.8) is 0 Å². The Balaban J connectivity index is 2.05. The smallest absolute Gasteiger partial charge is 0.349 e. The van der Waals surface area contributed by atoms with Crippen molar-refractivity contribution in [2.24, 2.45) is 0 Å². The number of nitrogens with one attached hydrogen (secondary N) is 1. The lowest BCUT2D eigenvalue weighted by atomic mass is 9.85. The molecule has 6 nitrogen and oxygen atoms in total. The molecule has 0 fully saturated rings. The number of esters is 1. The molecule has 1 aromatic carbocycles. The number of hydrogen-bond acceptors (Lipinski definition) is 7. The summed E-state index contributed by atoms with van der Waals surface area (Å²) in [6.45, 7) is 0. The number of hydrogen-bond donors (Lipinski definition) is 1. The summed E-state index contributed by atoms with van der Waals surface area (Å²) in [6.07, 6.45) is 3.33. The molecule has 3 aromatic rings. The Morgan fingerprint density at radius 1 is 1.36 bits per heavy atom. The van der Waals surface area contributed by atoms with E-state index < -0.39 is 17.6 Å². The lowest BCUT2D eigenvalue weighted by Gasteiger charge is -2.46. The van der Waals surface area contributed by atoms with Crippen LogP contribution in [0.4, 0.5) is 17.1 Å². The van der Waals surface area contributed by atoms with Crippen LogP contribution in [0.15, 0.2) is 60.2 Å². The van der Waals surface area contributed by atoms with Crippen molar-refractivity contribution in [3.05, 3.63) is 70.1 Å². The van der Waals surface area contributed by atoms with E-state index in [4.69, 9.17) is 16.3 Å². The highest BCUT2D eigenvalue weighted by Gasteiger charge is 2.55. The number of ether oxygens (including phenoxy) is 1. The second kappa shape index (κ2) is 7.15. The fourth-order valence-electron chi connectivity index (χ4n) is 3.46. The summed E-state index contributed by atoms with van der Waals surface area (Å²) in [5.41, 5.74) is 0.499. The lowest BCUT2D eigenvalue weighted by Crippen LogP contribution is -2.58. The van der Waals surface area contributed by atoms with Crippen LogP contribution in [0.25, 0.3) is 0 Å². The maximum atomic E-state index is 12.9. The maximum absolute atomic E-state index is 12.9. The highest BCUT2D eigenvalue weighted by molar-refractivity contribution is 7.10. The number of carbonyl (C=O) groups excluding carboxylic acids is 1. The normalized spacial score (nSPS) is 20.6. The number of aromatic nitrogens is 1. The van der Waals surface area contributed by atoms with Gasteiger partial charge in [-0.25, -0.2) is 4.79 Å². The first-order valence-electron chi connectivity index (χ1n) is 8.41. The van der Waals surface area contributed by atoms with Crippen LogP contribution in [-0.2, 0) is 9.53 Å². The van der Waals surface area contributed by atoms with Crippen LogP contribution in [0.2, 0.25) is 5.02 Å². The van der Waals surface area contributed by atoms with Gasteiger partial charge in [0, 0.05) is 28.0 Å². The van der Waals surface area contributed by atoms with Gasteiger partial charge in [-0.05, 0) is 41.8 Å². The molecule has 2 unspecified atom stereocenters. The SMILES string of the molecule is COC(=O)C1(C#N)Nc2ccc(Cl)cc2N(c2ccncc2)C1c1cccs1. The zero-order valence-electron chi connectivity index (χ0n) is 14.8. The van der Waals surface area contributed by atoms with E-state index in [-0.39, 0.29) is 0 Å². The molecule has 140 valence electrons. The van der Waals surface area contributed by atoms with E-state index in [1.54, 1.807) is 24.5 Å². The van der Waals surface area contributed by atoms with E-state index in [2.05, 4.69) is 16.4 Å². The molecule has 0 saturated carbocycles. The van der Waals surface area contributed by atoms with Crippen molar-refractivity contribution in [2.45, 2.75) is 11.6 Å². The first kappa shape index (κ1) is 18.3. The second-order valence-corrected chi connectivity index (χ2v) is 7.61. The third-order valence-electron chi connectivity index (χ3n) is 4.66. The standard InChI is InChI=1S/C20H15ClN4O2S/c1-27-19(26)20(12-22)18(17-3-2-10-28-17)25(14-6-8-23-9-7-14)16-11-13(21)4-5-15(16)24-20/h2-11,18,24H,1H3. The third kappa shape index (κ3) is 2.78. The van der Waals surface area contributed by atoms with E-state index in [0.29, 0.717) is 10.7 Å². The Kier molecular flexibility index (Phi) is 4.67. The molecule has 0 aliphatic carbocycles. The quantitative estimate of drug-likeness (QED) is 0.639. The number of methoxy groups -OCH3 is 1. The zero-order chi connectivity index (χ0) is 19.7. The average molecular weight is 411 g/mol. The van der Waals surface area contributed by atoms with Crippen LogP contribution in [0.5, 0.6) is 0 Å². The summed E-state index contributed by atoms with van der Waals surface area (Å²) < 4.78 is 5.05. The zero-order valence-corrected chi connectivity index (χ0v) is 16.4. The fourth-order valence-corrected chi connectivity index (χ4v) is 4.51. The number of benzene rings is 1. The molecule has 0 amide bonds. The minimum atomic E-state index is -1.65. The largest absolute Gasteiger partial charge is 0.466 e. The van der Waals surface area contributed by atoms with Crippen molar-refractivity contribution < 1.29 is 9.53 Å². The van der Waals surface area contributed by atoms with Gasteiger partial charge in [-0.2, -0.15) is 5.26 Å². The topological polar surface area (TPSA) is 78.2 Å². The van der Waals surface area contributed by atoms with Gasteiger partial charge in [-0.3, -0.25) is 4.98 Å². The molecule has 0 radical (unpaired) electrons. The molecular formula is C20H15ClN4O2S. The monoisotopic (exact) mass is 410 g/mol. The number of rotatable bonds is 3. The molecule has 0 bridgehead atoms. The average Bonchev–Trinajstić information content (AvgIpc) is 3.26. The van der Waals surface area contributed by atoms with Crippen LogP contribution in [-0.4, -0.2) is 23.6 Å². The molecule has 0 spiro atoms. The molecule has 0 saturated heterocycles. The van der Waals surface area contributed by atoms with Crippen molar-refractivity contribution in [1.82, 2.24) is 4.98 Å². The van der Waals surface area contributed by atoms with Gasteiger partial charge in [0.05, 0.1) is 18.5 Å². The van der Waals surface area contributed by atoms with Gasteiger partial charge >= 0.3 is 5.97 Å². The number of fused-ring (bicyclic) bond motifs is 1. The van der Waals surface area contributed by atoms with Gasteiger partial charge in [-0.1, -0.05) is 17.7 Å². The molecule has 1 aliphatic heterocycles. The lowest BCUT2D eigenvalue weighted by molar-refractivity contribution is -0.144. The molecule has 1 N–H and O–H groups in total. The van der Waals surface area contributed by atoms with E-state index in [0.717, 1.165) is 16.3 Å². The molecule has 8 heteroatoms. The fraction of sp³-hybridized carbons (Fsp3) is 0.150. The molecule has 2 atom stereocenters. The summed E-state index contributed by atoms with van der Waals surface area (Å²) in [6, 6.07) is 14.2. The van der Waals surface area contributed by atoms with Crippen molar-refractivity contribution in [3.8, 4) is 6.07 Å². The molecule has 2 aromatic heterocycles. The number of halogens is 1. The Hall–Kier alpha value is -3.08. The van der Waals surface area contributed by atoms with Crippen LogP contribution in [0, 0.1) is 11.3 Å². The van der Waals surface area contributed by atoms with Crippen LogP contribution < -0.4 is 10.2 Å². The van der Waals surface area contributed by atoms with Crippen LogP contribution in [0.3, 0.4) is 0 Å². The summed E-state index contributed by atoms with van der Waals surface area (Å²) in [5.74, 6) is -0.659. The van der Waals surface area contributed by atoms with Gasteiger partial charge in [0.25, 0.3) is 0 Å². The van der Waals surface area contributed by atoms with Crippen LogP contribution in [0.1, 0.15) is 10.9 Å². The second-order valence-electron chi connectivity index (χ2n) is 6.19. The maximum Gasteiger partial charge on any atom is 0.349 e. The van der Waals surface area contributed by atoms with Gasteiger partial charge in [0.1, 0.15) is 12.1 Å². The Bertz CT molecular complexity index is 1050. The summed E-state index contributed by atoms with van der Waals surface area (Å²) >= 11 is 7.74. The van der Waals surface area contributed by atoms with Gasteiger partial charge in [-0.15, -0.1) is 11.3 Å². The molecule has 28 heavy (non-hydrogen) atoms. The number of thiophene rings is 1. The summed E-state index contributed by atoms with van der Waals surface area (Å²) in [7, 11) is 1.28. The van der Waals surface area contributed by atoms with Crippen molar-refractivity contribution in [2.75, 3.05) is 17.3 Å². The minimum absolute atomic E-state index is 0.548. The van der Waals surface area contributed by atoms with E-state index in [9.17, 15) is 10.1 Å². The first-order valence-corrected chi connectivity index (χ1v) is 9.66. The van der Waals surface area contributed by atoms with Gasteiger partial charge in [0.2, 0.25) is 5.54 Å². The molecular weight excluding hydrogens is 396 g/mol. The highest BCUT2D eigenvalue weighted by atomic mass is 35.5.